The fraction of sp³-hybridized carbons (Fsp3) is 0.500. The number of rotatable bonds is 2. The van der Waals surface area contributed by atoms with Gasteiger partial charge in [-0.05, 0) is 36.5 Å². The first kappa shape index (κ1) is 16.6. The highest BCUT2D eigenvalue weighted by Crippen LogP contribution is 2.16. The van der Waals surface area contributed by atoms with Gasteiger partial charge in [-0.15, -0.1) is 24.0 Å². The topological polar surface area (TPSA) is 41.6 Å². The maximum atomic E-state index is 6.02. The van der Waals surface area contributed by atoms with E-state index in [1.165, 1.54) is 12.8 Å². The van der Waals surface area contributed by atoms with Crippen LogP contribution in [0.25, 0.3) is 0 Å². The molecule has 1 aliphatic heterocycles. The van der Waals surface area contributed by atoms with Crippen molar-refractivity contribution in [1.82, 2.24) is 4.90 Å². The predicted molar refractivity (Wildman–Crippen MR) is 92.2 cm³/mol. The van der Waals surface area contributed by atoms with E-state index in [4.69, 9.17) is 17.3 Å². The third-order valence-corrected chi connectivity index (χ3v) is 3.66. The summed E-state index contributed by atoms with van der Waals surface area (Å²) in [6.07, 6.45) is 2.40. The lowest BCUT2D eigenvalue weighted by molar-refractivity contribution is 0.277. The maximum Gasteiger partial charge on any atom is 0.191 e. The van der Waals surface area contributed by atoms with Gasteiger partial charge in [-0.25, -0.2) is 4.99 Å². The molecular weight excluding hydrogens is 373 g/mol. The molecule has 0 atom stereocenters. The van der Waals surface area contributed by atoms with Crippen LogP contribution in [0.15, 0.2) is 29.3 Å². The van der Waals surface area contributed by atoms with E-state index in [1.807, 2.05) is 24.3 Å². The Bertz CT molecular complexity index is 428. The van der Waals surface area contributed by atoms with Crippen molar-refractivity contribution in [3.8, 4) is 0 Å². The Kier molecular flexibility index (Phi) is 6.93. The number of nitrogens with two attached hydrogens (primary N) is 1. The van der Waals surface area contributed by atoms with Crippen molar-refractivity contribution in [2.24, 2.45) is 16.6 Å². The second-order valence-corrected chi connectivity index (χ2v) is 5.41. The minimum absolute atomic E-state index is 0. The molecule has 1 aromatic carbocycles. The van der Waals surface area contributed by atoms with E-state index in [2.05, 4.69) is 16.8 Å². The number of hydrogen-bond acceptors (Lipinski definition) is 1. The van der Waals surface area contributed by atoms with Crippen LogP contribution < -0.4 is 5.73 Å². The molecule has 106 valence electrons. The van der Waals surface area contributed by atoms with Gasteiger partial charge in [0.15, 0.2) is 5.96 Å². The van der Waals surface area contributed by atoms with Gasteiger partial charge < -0.3 is 10.6 Å². The van der Waals surface area contributed by atoms with Crippen LogP contribution >= 0.6 is 35.6 Å². The molecule has 0 spiro atoms. The van der Waals surface area contributed by atoms with Gasteiger partial charge in [0.1, 0.15) is 0 Å². The van der Waals surface area contributed by atoms with E-state index < -0.39 is 0 Å². The first-order chi connectivity index (χ1) is 8.65. The molecule has 3 nitrogen and oxygen atoms in total. The van der Waals surface area contributed by atoms with Crippen LogP contribution in [0.3, 0.4) is 0 Å². The molecule has 0 saturated carbocycles. The van der Waals surface area contributed by atoms with Crippen molar-refractivity contribution in [1.29, 1.82) is 0 Å². The smallest absolute Gasteiger partial charge is 0.191 e. The zero-order valence-electron chi connectivity index (χ0n) is 11.2. The van der Waals surface area contributed by atoms with Gasteiger partial charge in [-0.1, -0.05) is 30.7 Å². The molecule has 1 aliphatic rings. The van der Waals surface area contributed by atoms with E-state index in [9.17, 15) is 0 Å². The lowest BCUT2D eigenvalue weighted by Gasteiger charge is -2.31. The normalized spacial score (nSPS) is 17.2. The van der Waals surface area contributed by atoms with E-state index in [-0.39, 0.29) is 24.0 Å². The Labute approximate surface area is 137 Å². The van der Waals surface area contributed by atoms with E-state index in [0.717, 1.165) is 29.6 Å². The quantitative estimate of drug-likeness (QED) is 0.475. The van der Waals surface area contributed by atoms with Gasteiger partial charge in [-0.2, -0.15) is 0 Å². The summed E-state index contributed by atoms with van der Waals surface area (Å²) in [7, 11) is 0. The SMILES string of the molecule is CC1CCN(C(N)=NCc2cccc(Cl)c2)CC1.I. The molecule has 2 rings (SSSR count). The van der Waals surface area contributed by atoms with Crippen molar-refractivity contribution < 1.29 is 0 Å². The minimum Gasteiger partial charge on any atom is -0.370 e. The summed E-state index contributed by atoms with van der Waals surface area (Å²) in [5.74, 6) is 1.46. The monoisotopic (exact) mass is 393 g/mol. The van der Waals surface area contributed by atoms with Crippen molar-refractivity contribution in [3.05, 3.63) is 34.9 Å². The highest BCUT2D eigenvalue weighted by atomic mass is 127. The van der Waals surface area contributed by atoms with Crippen molar-refractivity contribution in [2.75, 3.05) is 13.1 Å². The molecule has 1 saturated heterocycles. The molecule has 19 heavy (non-hydrogen) atoms. The van der Waals surface area contributed by atoms with Gasteiger partial charge in [0.05, 0.1) is 6.54 Å². The number of hydrogen-bond donors (Lipinski definition) is 1. The zero-order chi connectivity index (χ0) is 13.0. The first-order valence-corrected chi connectivity index (χ1v) is 6.82. The van der Waals surface area contributed by atoms with Gasteiger partial charge in [0, 0.05) is 18.1 Å². The average Bonchev–Trinajstić information content (AvgIpc) is 2.37. The van der Waals surface area contributed by atoms with E-state index >= 15 is 0 Å². The van der Waals surface area contributed by atoms with E-state index in [1.54, 1.807) is 0 Å². The summed E-state index contributed by atoms with van der Waals surface area (Å²) >= 11 is 5.93. The molecule has 1 fully saturated rings. The predicted octanol–water partition coefficient (Wildman–Crippen LogP) is 3.50. The first-order valence-electron chi connectivity index (χ1n) is 6.44. The molecule has 0 amide bonds. The fourth-order valence-corrected chi connectivity index (χ4v) is 2.36. The van der Waals surface area contributed by atoms with Crippen LogP contribution in [-0.2, 0) is 6.54 Å². The Morgan fingerprint density at radius 1 is 1.42 bits per heavy atom. The van der Waals surface area contributed by atoms with Gasteiger partial charge in [-0.3, -0.25) is 0 Å². The molecule has 5 heteroatoms. The third-order valence-electron chi connectivity index (χ3n) is 3.42. The van der Waals surface area contributed by atoms with Crippen LogP contribution in [0, 0.1) is 5.92 Å². The van der Waals surface area contributed by atoms with Crippen LogP contribution in [0.4, 0.5) is 0 Å². The second-order valence-electron chi connectivity index (χ2n) is 4.97. The molecule has 0 unspecified atom stereocenters. The van der Waals surface area contributed by atoms with Gasteiger partial charge >= 0.3 is 0 Å². The lowest BCUT2D eigenvalue weighted by atomic mass is 10.00. The summed E-state index contributed by atoms with van der Waals surface area (Å²) in [5, 5.41) is 0.744. The summed E-state index contributed by atoms with van der Waals surface area (Å²) < 4.78 is 0. The molecular formula is C14H21ClIN3. The molecule has 0 aromatic heterocycles. The number of halogens is 2. The Morgan fingerprint density at radius 3 is 2.74 bits per heavy atom. The summed E-state index contributed by atoms with van der Waals surface area (Å²) in [6, 6.07) is 7.74. The Morgan fingerprint density at radius 2 is 2.11 bits per heavy atom. The van der Waals surface area contributed by atoms with Crippen molar-refractivity contribution >= 4 is 41.5 Å². The zero-order valence-corrected chi connectivity index (χ0v) is 14.3. The molecule has 0 bridgehead atoms. The number of benzene rings is 1. The largest absolute Gasteiger partial charge is 0.370 e. The number of guanidine groups is 1. The van der Waals surface area contributed by atoms with Gasteiger partial charge in [0.25, 0.3) is 0 Å². The Hall–Kier alpha value is -0.490. The standard InChI is InChI=1S/C14H20ClN3.HI/c1-11-5-7-18(8-6-11)14(16)17-10-12-3-2-4-13(15)9-12;/h2-4,9,11H,5-8,10H2,1H3,(H2,16,17);1H. The Balaban J connectivity index is 0.00000180. The number of piperidine rings is 1. The fourth-order valence-electron chi connectivity index (χ4n) is 2.15. The molecule has 0 radical (unpaired) electrons. The molecule has 2 N–H and O–H groups in total. The highest BCUT2D eigenvalue weighted by molar-refractivity contribution is 14.0. The molecule has 0 aliphatic carbocycles. The second kappa shape index (κ2) is 7.94. The molecule has 1 heterocycles. The number of nitrogens with zero attached hydrogens (tertiary/aromatic N) is 2. The van der Waals surface area contributed by atoms with E-state index in [0.29, 0.717) is 12.5 Å². The lowest BCUT2D eigenvalue weighted by Crippen LogP contribution is -2.42. The minimum atomic E-state index is 0. The number of aliphatic imine (C=N–C) groups is 1. The van der Waals surface area contributed by atoms with Crippen molar-refractivity contribution in [3.63, 3.8) is 0 Å². The third kappa shape index (κ3) is 5.18. The van der Waals surface area contributed by atoms with Crippen LogP contribution in [0.1, 0.15) is 25.3 Å². The van der Waals surface area contributed by atoms with Crippen LogP contribution in [0.2, 0.25) is 5.02 Å². The van der Waals surface area contributed by atoms with Crippen LogP contribution in [-0.4, -0.2) is 23.9 Å². The molecule has 1 aromatic rings. The average molecular weight is 394 g/mol. The van der Waals surface area contributed by atoms with Crippen LogP contribution in [0.5, 0.6) is 0 Å². The summed E-state index contributed by atoms with van der Waals surface area (Å²) in [6.45, 7) is 4.92. The number of likely N-dealkylation sites (tertiary alicyclic amines) is 1. The van der Waals surface area contributed by atoms with Gasteiger partial charge in [0.2, 0.25) is 0 Å². The maximum absolute atomic E-state index is 6.02. The highest BCUT2D eigenvalue weighted by Gasteiger charge is 2.16. The summed E-state index contributed by atoms with van der Waals surface area (Å²) in [4.78, 5) is 6.62. The van der Waals surface area contributed by atoms with Crippen molar-refractivity contribution in [2.45, 2.75) is 26.3 Å². The summed E-state index contributed by atoms with van der Waals surface area (Å²) in [5.41, 5.74) is 7.12.